The maximum absolute atomic E-state index is 12.5. The van der Waals surface area contributed by atoms with Crippen LogP contribution in [0.5, 0.6) is 0 Å². The van der Waals surface area contributed by atoms with E-state index >= 15 is 0 Å². The van der Waals surface area contributed by atoms with Gasteiger partial charge in [-0.05, 0) is 54.3 Å². The van der Waals surface area contributed by atoms with E-state index in [-0.39, 0.29) is 11.7 Å². The third-order valence-corrected chi connectivity index (χ3v) is 7.09. The molecule has 1 aliphatic rings. The fourth-order valence-electron chi connectivity index (χ4n) is 4.59. The highest BCUT2D eigenvalue weighted by atomic mass is 35.5. The molecule has 0 radical (unpaired) electrons. The molecule has 5 rings (SSSR count). The Morgan fingerprint density at radius 1 is 1.15 bits per heavy atom. The van der Waals surface area contributed by atoms with Gasteiger partial charge in [0.1, 0.15) is 5.82 Å². The van der Waals surface area contributed by atoms with E-state index < -0.39 is 0 Å². The highest BCUT2D eigenvalue weighted by molar-refractivity contribution is 6.33. The molecule has 9 heteroatoms. The molecule has 0 bridgehead atoms. The van der Waals surface area contributed by atoms with Crippen molar-refractivity contribution in [1.82, 2.24) is 19.9 Å². The number of anilines is 1. The van der Waals surface area contributed by atoms with E-state index in [0.29, 0.717) is 34.2 Å². The molecular formula is C30H32ClN5O3. The van der Waals surface area contributed by atoms with E-state index in [4.69, 9.17) is 21.1 Å². The summed E-state index contributed by atoms with van der Waals surface area (Å²) in [4.78, 5) is 27.6. The largest absolute Gasteiger partial charge is 0.491 e. The molecular weight excluding hydrogens is 514 g/mol. The summed E-state index contributed by atoms with van der Waals surface area (Å²) >= 11 is 6.51. The number of rotatable bonds is 9. The molecule has 2 N–H and O–H groups in total. The molecule has 2 aromatic carbocycles. The summed E-state index contributed by atoms with van der Waals surface area (Å²) < 4.78 is 10.6. The average molecular weight is 546 g/mol. The monoisotopic (exact) mass is 545 g/mol. The Balaban J connectivity index is 1.32. The maximum Gasteiger partial charge on any atom is 0.290 e. The molecule has 39 heavy (non-hydrogen) atoms. The maximum atomic E-state index is 12.5. The molecule has 0 aliphatic carbocycles. The molecule has 0 saturated carbocycles. The topological polar surface area (TPSA) is 92.4 Å². The van der Waals surface area contributed by atoms with Crippen molar-refractivity contribution >= 4 is 34.4 Å². The molecule has 8 nitrogen and oxygen atoms in total. The Labute approximate surface area is 233 Å². The molecule has 3 heterocycles. The van der Waals surface area contributed by atoms with Crippen LogP contribution in [0.4, 0.5) is 5.69 Å². The van der Waals surface area contributed by atoms with Crippen LogP contribution in [0.3, 0.4) is 0 Å². The number of benzene rings is 2. The van der Waals surface area contributed by atoms with E-state index in [1.165, 1.54) is 12.7 Å². The van der Waals surface area contributed by atoms with Gasteiger partial charge in [-0.25, -0.2) is 9.97 Å². The Bertz CT molecular complexity index is 1480. The van der Waals surface area contributed by atoms with E-state index in [1.54, 1.807) is 24.3 Å². The van der Waals surface area contributed by atoms with Crippen LogP contribution in [0.15, 0.2) is 66.6 Å². The average Bonchev–Trinajstić information content (AvgIpc) is 3.40. The van der Waals surface area contributed by atoms with Crippen molar-refractivity contribution in [1.29, 1.82) is 0 Å². The van der Waals surface area contributed by atoms with Crippen LogP contribution in [-0.4, -0.2) is 65.7 Å². The van der Waals surface area contributed by atoms with Gasteiger partial charge in [0.15, 0.2) is 11.4 Å². The molecule has 1 saturated heterocycles. The van der Waals surface area contributed by atoms with Gasteiger partial charge in [-0.1, -0.05) is 42.8 Å². The minimum absolute atomic E-state index is 0.264. The third kappa shape index (κ3) is 6.47. The van der Waals surface area contributed by atoms with Crippen molar-refractivity contribution in [2.75, 3.05) is 45.3 Å². The first-order valence-electron chi connectivity index (χ1n) is 13.1. The van der Waals surface area contributed by atoms with Crippen molar-refractivity contribution in [3.05, 3.63) is 77.1 Å². The third-order valence-electron chi connectivity index (χ3n) is 6.76. The first-order chi connectivity index (χ1) is 19.0. The van der Waals surface area contributed by atoms with Crippen LogP contribution in [0.1, 0.15) is 18.9 Å². The molecule has 0 unspecified atom stereocenters. The Hall–Kier alpha value is -3.72. The summed E-state index contributed by atoms with van der Waals surface area (Å²) in [5.74, 6) is 0.514. The van der Waals surface area contributed by atoms with Crippen LogP contribution in [0.2, 0.25) is 5.02 Å². The number of nitrogens with one attached hydrogen (secondary N) is 2. The normalized spacial score (nSPS) is 14.5. The van der Waals surface area contributed by atoms with Gasteiger partial charge in [-0.15, -0.1) is 0 Å². The summed E-state index contributed by atoms with van der Waals surface area (Å²) in [6.45, 7) is 6.64. The molecule has 0 atom stereocenters. The molecule has 4 aromatic rings. The van der Waals surface area contributed by atoms with Crippen LogP contribution >= 0.6 is 11.6 Å². The molecule has 2 aromatic heterocycles. The lowest BCUT2D eigenvalue weighted by molar-refractivity contribution is -0.115. The quantitative estimate of drug-likeness (QED) is 0.207. The van der Waals surface area contributed by atoms with Gasteiger partial charge in [0.2, 0.25) is 0 Å². The van der Waals surface area contributed by atoms with Crippen molar-refractivity contribution in [3.63, 3.8) is 0 Å². The zero-order chi connectivity index (χ0) is 27.2. The number of hydrogen-bond donors (Lipinski definition) is 2. The first-order valence-corrected chi connectivity index (χ1v) is 13.5. The number of aromatic amines is 1. The summed E-state index contributed by atoms with van der Waals surface area (Å²) in [6.07, 6.45) is 5.27. The van der Waals surface area contributed by atoms with Crippen molar-refractivity contribution < 1.29 is 14.3 Å². The fraction of sp³-hybridized carbons (Fsp3) is 0.300. The van der Waals surface area contributed by atoms with Crippen molar-refractivity contribution in [2.24, 2.45) is 0 Å². The number of H-pyrrole nitrogens is 1. The first kappa shape index (κ1) is 26.9. The number of ether oxygens (including phenoxy) is 2. The SMILES string of the molecule is CCC=C(OC)C(=O)Nc1ccc(Cl)c(-c2nc3ncc(-c4ccc(CCN5CCOCC5)cc4)cc3[nH]2)c1. The number of imidazole rings is 1. The lowest BCUT2D eigenvalue weighted by Gasteiger charge is -2.26. The van der Waals surface area contributed by atoms with Gasteiger partial charge < -0.3 is 19.8 Å². The van der Waals surface area contributed by atoms with Crippen molar-refractivity contribution in [2.45, 2.75) is 19.8 Å². The number of fused-ring (bicyclic) bond motifs is 1. The molecule has 1 fully saturated rings. The van der Waals surface area contributed by atoms with Crippen molar-refractivity contribution in [3.8, 4) is 22.5 Å². The molecule has 202 valence electrons. The van der Waals surface area contributed by atoms with Crippen LogP contribution < -0.4 is 5.32 Å². The smallest absolute Gasteiger partial charge is 0.290 e. The van der Waals surface area contributed by atoms with Crippen LogP contribution in [-0.2, 0) is 20.7 Å². The fourth-order valence-corrected chi connectivity index (χ4v) is 4.80. The van der Waals surface area contributed by atoms with Gasteiger partial charge in [0, 0.05) is 42.6 Å². The Kier molecular flexibility index (Phi) is 8.56. The van der Waals surface area contributed by atoms with Gasteiger partial charge in [0.05, 0.1) is 30.9 Å². The highest BCUT2D eigenvalue weighted by Gasteiger charge is 2.15. The number of morpholine rings is 1. The lowest BCUT2D eigenvalue weighted by atomic mass is 10.0. The molecule has 0 spiro atoms. The standard InChI is InChI=1S/C30H32ClN5O3/c1-3-4-27(38-2)30(37)33-23-9-10-25(31)24(18-23)28-34-26-17-22(19-32-29(26)35-28)21-7-5-20(6-8-21)11-12-36-13-15-39-16-14-36/h4-10,17-19H,3,11-16H2,1-2H3,(H,33,37)(H,32,34,35). The molecule has 1 amide bonds. The van der Waals surface area contributed by atoms with E-state index in [2.05, 4.69) is 49.4 Å². The van der Waals surface area contributed by atoms with Gasteiger partial charge >= 0.3 is 0 Å². The van der Waals surface area contributed by atoms with Gasteiger partial charge in [-0.2, -0.15) is 0 Å². The predicted molar refractivity (Wildman–Crippen MR) is 155 cm³/mol. The number of pyridine rings is 1. The zero-order valence-corrected chi connectivity index (χ0v) is 22.9. The molecule has 1 aliphatic heterocycles. The van der Waals surface area contributed by atoms with E-state index in [9.17, 15) is 4.79 Å². The van der Waals surface area contributed by atoms with Gasteiger partial charge in [-0.3, -0.25) is 9.69 Å². The second kappa shape index (κ2) is 12.4. The number of amides is 1. The Morgan fingerprint density at radius 2 is 1.95 bits per heavy atom. The number of allylic oxidation sites excluding steroid dienone is 1. The predicted octanol–water partition coefficient (Wildman–Crippen LogP) is 5.70. The second-order valence-electron chi connectivity index (χ2n) is 9.41. The van der Waals surface area contributed by atoms with E-state index in [0.717, 1.165) is 55.9 Å². The number of methoxy groups -OCH3 is 1. The minimum atomic E-state index is -0.323. The lowest BCUT2D eigenvalue weighted by Crippen LogP contribution is -2.37. The number of carbonyl (C=O) groups is 1. The van der Waals surface area contributed by atoms with Gasteiger partial charge in [0.25, 0.3) is 5.91 Å². The highest BCUT2D eigenvalue weighted by Crippen LogP contribution is 2.31. The van der Waals surface area contributed by atoms with Crippen LogP contribution in [0, 0.1) is 0 Å². The summed E-state index contributed by atoms with van der Waals surface area (Å²) in [6, 6.07) is 15.9. The van der Waals surface area contributed by atoms with Crippen LogP contribution in [0.25, 0.3) is 33.7 Å². The summed E-state index contributed by atoms with van der Waals surface area (Å²) in [7, 11) is 1.48. The number of halogens is 1. The summed E-state index contributed by atoms with van der Waals surface area (Å²) in [5, 5.41) is 3.37. The van der Waals surface area contributed by atoms with E-state index in [1.807, 2.05) is 19.2 Å². The second-order valence-corrected chi connectivity index (χ2v) is 9.82. The summed E-state index contributed by atoms with van der Waals surface area (Å²) in [5.41, 5.74) is 6.04. The number of aromatic nitrogens is 3. The zero-order valence-electron chi connectivity index (χ0n) is 22.2. The number of hydrogen-bond acceptors (Lipinski definition) is 6. The number of carbonyl (C=O) groups excluding carboxylic acids is 1. The minimum Gasteiger partial charge on any atom is -0.491 e. The Morgan fingerprint density at radius 3 is 2.69 bits per heavy atom. The number of nitrogens with zero attached hydrogens (tertiary/aromatic N) is 3.